The van der Waals surface area contributed by atoms with Gasteiger partial charge in [0.2, 0.25) is 0 Å². The number of carbonyl (C=O) groups is 3. The number of carboxylic acids is 1. The molecule has 3 N–H and O–H groups in total. The lowest BCUT2D eigenvalue weighted by Gasteiger charge is -2.16. The first-order valence-electron chi connectivity index (χ1n) is 11.8. The molecule has 178 valence electrons. The molecule has 2 amide bonds. The van der Waals surface area contributed by atoms with Gasteiger partial charge in [0.15, 0.2) is 0 Å². The van der Waals surface area contributed by atoms with Gasteiger partial charge < -0.3 is 15.2 Å². The number of benzene rings is 3. The molecule has 0 radical (unpaired) electrons. The second-order valence-electron chi connectivity index (χ2n) is 9.07. The molecule has 0 spiro atoms. The van der Waals surface area contributed by atoms with Crippen LogP contribution in [0, 0.1) is 5.92 Å². The number of fused-ring (bicyclic) bond motifs is 3. The Morgan fingerprint density at radius 3 is 2.20 bits per heavy atom. The molecule has 0 aromatic heterocycles. The van der Waals surface area contributed by atoms with Crippen LogP contribution >= 0.6 is 0 Å². The monoisotopic (exact) mass is 470 g/mol. The summed E-state index contributed by atoms with van der Waals surface area (Å²) in [6.45, 7) is 0.182. The molecule has 7 heteroatoms. The van der Waals surface area contributed by atoms with Crippen LogP contribution in [0.2, 0.25) is 0 Å². The first-order chi connectivity index (χ1) is 17.0. The zero-order valence-corrected chi connectivity index (χ0v) is 19.1. The molecule has 35 heavy (non-hydrogen) atoms. The average Bonchev–Trinajstić information content (AvgIpc) is 3.63. The van der Waals surface area contributed by atoms with Gasteiger partial charge in [0.05, 0.1) is 0 Å². The minimum Gasteiger partial charge on any atom is -0.480 e. The van der Waals surface area contributed by atoms with Crippen LogP contribution in [0.4, 0.5) is 10.5 Å². The van der Waals surface area contributed by atoms with Crippen molar-refractivity contribution in [3.8, 4) is 11.1 Å². The van der Waals surface area contributed by atoms with Crippen molar-refractivity contribution in [2.24, 2.45) is 5.92 Å². The lowest BCUT2D eigenvalue weighted by molar-refractivity contribution is -0.139. The smallest absolute Gasteiger partial charge is 0.411 e. The van der Waals surface area contributed by atoms with E-state index in [2.05, 4.69) is 34.9 Å². The summed E-state index contributed by atoms with van der Waals surface area (Å²) in [7, 11) is 0. The largest absolute Gasteiger partial charge is 0.480 e. The van der Waals surface area contributed by atoms with E-state index in [-0.39, 0.29) is 18.1 Å². The van der Waals surface area contributed by atoms with Gasteiger partial charge in [-0.2, -0.15) is 0 Å². The van der Waals surface area contributed by atoms with Crippen molar-refractivity contribution in [3.63, 3.8) is 0 Å². The van der Waals surface area contributed by atoms with Crippen LogP contribution < -0.4 is 10.6 Å². The van der Waals surface area contributed by atoms with E-state index in [0.717, 1.165) is 35.1 Å². The standard InChI is InChI=1S/C28H26N2O5/c31-26(30-25(27(32)33)14-17-12-13-17)18-6-5-7-19(15-18)29-28(34)35-16-24-22-10-3-1-8-20(22)21-9-2-4-11-23(21)24/h1-11,15,17,24-25H,12-14,16H2,(H,29,34)(H,30,31)(H,32,33). The average molecular weight is 471 g/mol. The zero-order chi connectivity index (χ0) is 24.4. The number of anilines is 1. The van der Waals surface area contributed by atoms with Gasteiger partial charge in [0, 0.05) is 17.2 Å². The Morgan fingerprint density at radius 2 is 1.57 bits per heavy atom. The number of ether oxygens (including phenoxy) is 1. The van der Waals surface area contributed by atoms with Gasteiger partial charge in [-0.3, -0.25) is 10.1 Å². The molecule has 1 atom stereocenters. The number of hydrogen-bond acceptors (Lipinski definition) is 4. The van der Waals surface area contributed by atoms with Crippen LogP contribution in [-0.4, -0.2) is 35.7 Å². The third-order valence-electron chi connectivity index (χ3n) is 6.58. The molecule has 2 aliphatic rings. The maximum atomic E-state index is 12.6. The first-order valence-corrected chi connectivity index (χ1v) is 11.8. The number of amides is 2. The molecule has 2 aliphatic carbocycles. The Bertz CT molecular complexity index is 1240. The number of carbonyl (C=O) groups excluding carboxylic acids is 2. The highest BCUT2D eigenvalue weighted by molar-refractivity contribution is 5.98. The Hall–Kier alpha value is -4.13. The summed E-state index contributed by atoms with van der Waals surface area (Å²) in [5, 5.41) is 14.7. The Morgan fingerprint density at radius 1 is 0.914 bits per heavy atom. The molecule has 0 aliphatic heterocycles. The maximum absolute atomic E-state index is 12.6. The molecule has 3 aromatic rings. The van der Waals surface area contributed by atoms with E-state index in [1.807, 2.05) is 24.3 Å². The molecule has 0 saturated heterocycles. The van der Waals surface area contributed by atoms with E-state index < -0.39 is 24.0 Å². The van der Waals surface area contributed by atoms with Crippen molar-refractivity contribution in [1.29, 1.82) is 0 Å². The third kappa shape index (κ3) is 5.04. The van der Waals surface area contributed by atoms with E-state index in [1.165, 1.54) is 6.07 Å². The Labute approximate surface area is 203 Å². The third-order valence-corrected chi connectivity index (χ3v) is 6.58. The number of rotatable bonds is 8. The van der Waals surface area contributed by atoms with Crippen molar-refractivity contribution in [1.82, 2.24) is 5.32 Å². The minimum absolute atomic E-state index is 0.0512. The number of aliphatic carboxylic acids is 1. The van der Waals surface area contributed by atoms with E-state index in [1.54, 1.807) is 18.2 Å². The summed E-state index contributed by atoms with van der Waals surface area (Å²) in [5.41, 5.74) is 5.21. The van der Waals surface area contributed by atoms with Gasteiger partial charge in [-0.25, -0.2) is 9.59 Å². The summed E-state index contributed by atoms with van der Waals surface area (Å²) in [5.74, 6) is -1.23. The molecule has 7 nitrogen and oxygen atoms in total. The van der Waals surface area contributed by atoms with Gasteiger partial charge in [0.25, 0.3) is 5.91 Å². The summed E-state index contributed by atoms with van der Waals surface area (Å²) >= 11 is 0. The second-order valence-corrected chi connectivity index (χ2v) is 9.07. The summed E-state index contributed by atoms with van der Waals surface area (Å²) < 4.78 is 5.56. The highest BCUT2D eigenvalue weighted by Gasteiger charge is 2.31. The Balaban J connectivity index is 1.21. The summed E-state index contributed by atoms with van der Waals surface area (Å²) in [4.78, 5) is 36.7. The fourth-order valence-electron chi connectivity index (χ4n) is 4.64. The Kier molecular flexibility index (Phi) is 6.23. The fraction of sp³-hybridized carbons (Fsp3) is 0.250. The van der Waals surface area contributed by atoms with Crippen molar-refractivity contribution in [2.75, 3.05) is 11.9 Å². The lowest BCUT2D eigenvalue weighted by Crippen LogP contribution is -2.41. The topological polar surface area (TPSA) is 105 Å². The van der Waals surface area contributed by atoms with Crippen LogP contribution in [0.5, 0.6) is 0 Å². The van der Waals surface area contributed by atoms with Crippen LogP contribution in [0.1, 0.15) is 46.7 Å². The fourth-order valence-corrected chi connectivity index (χ4v) is 4.64. The predicted molar refractivity (Wildman–Crippen MR) is 131 cm³/mol. The summed E-state index contributed by atoms with van der Waals surface area (Å²) in [6, 6.07) is 21.7. The molecule has 1 fully saturated rings. The van der Waals surface area contributed by atoms with E-state index in [0.29, 0.717) is 18.0 Å². The van der Waals surface area contributed by atoms with Gasteiger partial charge in [-0.15, -0.1) is 0 Å². The lowest BCUT2D eigenvalue weighted by atomic mass is 9.98. The normalized spacial score (nSPS) is 15.0. The summed E-state index contributed by atoms with van der Waals surface area (Å²) in [6.07, 6.45) is 1.80. The molecular formula is C28H26N2O5. The van der Waals surface area contributed by atoms with Crippen molar-refractivity contribution >= 4 is 23.7 Å². The van der Waals surface area contributed by atoms with Crippen molar-refractivity contribution in [2.45, 2.75) is 31.2 Å². The van der Waals surface area contributed by atoms with E-state index in [4.69, 9.17) is 4.74 Å². The quantitative estimate of drug-likeness (QED) is 0.428. The van der Waals surface area contributed by atoms with Crippen LogP contribution in [0.25, 0.3) is 11.1 Å². The molecule has 3 aromatic carbocycles. The maximum Gasteiger partial charge on any atom is 0.411 e. The van der Waals surface area contributed by atoms with Crippen LogP contribution in [-0.2, 0) is 9.53 Å². The minimum atomic E-state index is -1.04. The molecule has 1 unspecified atom stereocenters. The van der Waals surface area contributed by atoms with E-state index >= 15 is 0 Å². The van der Waals surface area contributed by atoms with Crippen molar-refractivity contribution in [3.05, 3.63) is 89.5 Å². The van der Waals surface area contributed by atoms with Gasteiger partial charge in [-0.1, -0.05) is 67.4 Å². The molecule has 0 heterocycles. The van der Waals surface area contributed by atoms with Gasteiger partial charge in [-0.05, 0) is 52.8 Å². The van der Waals surface area contributed by atoms with Crippen LogP contribution in [0.3, 0.4) is 0 Å². The highest BCUT2D eigenvalue weighted by atomic mass is 16.5. The number of hydrogen-bond donors (Lipinski definition) is 3. The first kappa shape index (κ1) is 22.7. The van der Waals surface area contributed by atoms with E-state index in [9.17, 15) is 19.5 Å². The second kappa shape index (κ2) is 9.62. The number of carboxylic acid groups (broad SMARTS) is 1. The predicted octanol–water partition coefficient (Wildman–Crippen LogP) is 5.03. The highest BCUT2D eigenvalue weighted by Crippen LogP contribution is 2.44. The van der Waals surface area contributed by atoms with Gasteiger partial charge in [0.1, 0.15) is 12.6 Å². The van der Waals surface area contributed by atoms with Crippen molar-refractivity contribution < 1.29 is 24.2 Å². The molecule has 0 bridgehead atoms. The SMILES string of the molecule is O=C(Nc1cccc(C(=O)NC(CC2CC2)C(=O)O)c1)OCC1c2ccccc2-c2ccccc21. The molecular weight excluding hydrogens is 444 g/mol. The van der Waals surface area contributed by atoms with Crippen LogP contribution in [0.15, 0.2) is 72.8 Å². The zero-order valence-electron chi connectivity index (χ0n) is 19.1. The molecule has 1 saturated carbocycles. The number of nitrogens with one attached hydrogen (secondary N) is 2. The molecule has 5 rings (SSSR count). The van der Waals surface area contributed by atoms with Gasteiger partial charge >= 0.3 is 12.1 Å².